The molecule has 0 spiro atoms. The molecule has 26 heavy (non-hydrogen) atoms. The molecule has 1 heterocycles. The number of nitrogens with zero attached hydrogens (tertiary/aromatic N) is 1. The van der Waals surface area contributed by atoms with Crippen molar-refractivity contribution in [3.63, 3.8) is 0 Å². The minimum absolute atomic E-state index is 0.0806. The molecule has 0 amide bonds. The number of esters is 1. The van der Waals surface area contributed by atoms with Gasteiger partial charge in [0.15, 0.2) is 0 Å². The zero-order chi connectivity index (χ0) is 18.9. The Morgan fingerprint density at radius 1 is 1.15 bits per heavy atom. The number of ether oxygens (including phenoxy) is 1. The van der Waals surface area contributed by atoms with Gasteiger partial charge in [0.25, 0.3) is 0 Å². The monoisotopic (exact) mass is 369 g/mol. The van der Waals surface area contributed by atoms with Crippen LogP contribution in [0.1, 0.15) is 51.7 Å². The second kappa shape index (κ2) is 7.07. The van der Waals surface area contributed by atoms with E-state index in [-0.39, 0.29) is 23.2 Å². The highest BCUT2D eigenvalue weighted by atomic mass is 32.2. The predicted molar refractivity (Wildman–Crippen MR) is 106 cm³/mol. The van der Waals surface area contributed by atoms with E-state index in [0.717, 1.165) is 16.3 Å². The molecule has 0 N–H and O–H groups in total. The highest BCUT2D eigenvalue weighted by Crippen LogP contribution is 2.64. The van der Waals surface area contributed by atoms with E-state index in [9.17, 15) is 4.79 Å². The Bertz CT molecular complexity index is 763. The van der Waals surface area contributed by atoms with Gasteiger partial charge in [0.1, 0.15) is 5.60 Å². The van der Waals surface area contributed by atoms with E-state index >= 15 is 0 Å². The summed E-state index contributed by atoms with van der Waals surface area (Å²) in [4.78, 5) is 17.1. The summed E-state index contributed by atoms with van der Waals surface area (Å²) in [6.45, 7) is 10.00. The van der Waals surface area contributed by atoms with Gasteiger partial charge in [-0.1, -0.05) is 50.2 Å². The van der Waals surface area contributed by atoms with Gasteiger partial charge in [-0.3, -0.25) is 4.79 Å². The second-order valence-corrected chi connectivity index (χ2v) is 9.51. The van der Waals surface area contributed by atoms with E-state index in [1.807, 2.05) is 33.0 Å². The molecule has 1 fully saturated rings. The Balaban J connectivity index is 1.64. The fourth-order valence-electron chi connectivity index (χ4n) is 3.46. The summed E-state index contributed by atoms with van der Waals surface area (Å²) in [5.74, 6) is 0.891. The molecule has 0 aliphatic heterocycles. The Morgan fingerprint density at radius 3 is 2.42 bits per heavy atom. The second-order valence-electron chi connectivity index (χ2n) is 8.51. The molecule has 0 saturated heterocycles. The van der Waals surface area contributed by atoms with Gasteiger partial charge >= 0.3 is 5.97 Å². The summed E-state index contributed by atoms with van der Waals surface area (Å²) in [5.41, 5.74) is 1.88. The first-order chi connectivity index (χ1) is 12.2. The third-order valence-electron chi connectivity index (χ3n) is 4.84. The number of rotatable bonds is 5. The lowest BCUT2D eigenvalue weighted by atomic mass is 10.1. The van der Waals surface area contributed by atoms with Crippen molar-refractivity contribution >= 4 is 17.7 Å². The highest BCUT2D eigenvalue weighted by molar-refractivity contribution is 7.98. The molecule has 2 unspecified atom stereocenters. The number of thioether (sulfide) groups is 1. The van der Waals surface area contributed by atoms with Gasteiger partial charge in [-0.2, -0.15) is 0 Å². The molecule has 1 aliphatic carbocycles. The molecule has 3 nitrogen and oxygen atoms in total. The number of benzene rings is 1. The van der Waals surface area contributed by atoms with Crippen molar-refractivity contribution in [1.82, 2.24) is 4.98 Å². The molecular formula is C22H27NO2S. The summed E-state index contributed by atoms with van der Waals surface area (Å²) < 4.78 is 5.60. The van der Waals surface area contributed by atoms with Gasteiger partial charge in [-0.25, -0.2) is 4.98 Å². The molecule has 2 aromatic rings. The summed E-state index contributed by atoms with van der Waals surface area (Å²) >= 11 is 1.73. The van der Waals surface area contributed by atoms with Crippen LogP contribution in [0.4, 0.5) is 0 Å². The van der Waals surface area contributed by atoms with Gasteiger partial charge < -0.3 is 4.74 Å². The van der Waals surface area contributed by atoms with Crippen molar-refractivity contribution in [1.29, 1.82) is 0 Å². The van der Waals surface area contributed by atoms with Crippen LogP contribution >= 0.6 is 11.8 Å². The van der Waals surface area contributed by atoms with E-state index < -0.39 is 5.60 Å². The maximum Gasteiger partial charge on any atom is 0.310 e. The van der Waals surface area contributed by atoms with Crippen LogP contribution in [0.2, 0.25) is 0 Å². The predicted octanol–water partition coefficient (Wildman–Crippen LogP) is 5.46. The van der Waals surface area contributed by atoms with Gasteiger partial charge in [-0.05, 0) is 43.4 Å². The van der Waals surface area contributed by atoms with Crippen LogP contribution in [0.25, 0.3) is 0 Å². The molecule has 1 aliphatic rings. The standard InChI is InChI=1S/C22H27NO2S/c1-21(2,3)25-20(24)19-18(22(19,4)5)16-11-12-17(23-13-16)26-14-15-9-7-6-8-10-15/h6-13,18-19H,14H2,1-5H3. The average molecular weight is 370 g/mol. The summed E-state index contributed by atoms with van der Waals surface area (Å²) in [7, 11) is 0. The van der Waals surface area contributed by atoms with E-state index in [0.29, 0.717) is 0 Å². The zero-order valence-electron chi connectivity index (χ0n) is 16.2. The SMILES string of the molecule is CC(C)(C)OC(=O)C1C(c2ccc(SCc3ccccc3)nc2)C1(C)C. The van der Waals surface area contributed by atoms with Gasteiger partial charge in [-0.15, -0.1) is 11.8 Å². The van der Waals surface area contributed by atoms with Crippen LogP contribution in [-0.2, 0) is 15.3 Å². The minimum Gasteiger partial charge on any atom is -0.460 e. The van der Waals surface area contributed by atoms with E-state index in [2.05, 4.69) is 55.2 Å². The molecule has 0 bridgehead atoms. The molecule has 3 rings (SSSR count). The molecule has 1 aromatic heterocycles. The first-order valence-electron chi connectivity index (χ1n) is 9.04. The van der Waals surface area contributed by atoms with E-state index in [4.69, 9.17) is 4.74 Å². The number of carbonyl (C=O) groups excluding carboxylic acids is 1. The van der Waals surface area contributed by atoms with Crippen molar-refractivity contribution < 1.29 is 9.53 Å². The smallest absolute Gasteiger partial charge is 0.310 e. The lowest BCUT2D eigenvalue weighted by molar-refractivity contribution is -0.157. The minimum atomic E-state index is -0.448. The Labute approximate surface area is 160 Å². The van der Waals surface area contributed by atoms with Crippen LogP contribution in [0.15, 0.2) is 53.7 Å². The van der Waals surface area contributed by atoms with E-state index in [1.165, 1.54) is 5.56 Å². The number of hydrogen-bond acceptors (Lipinski definition) is 4. The largest absolute Gasteiger partial charge is 0.460 e. The molecule has 138 valence electrons. The zero-order valence-corrected chi connectivity index (χ0v) is 17.0. The quantitative estimate of drug-likeness (QED) is 0.518. The topological polar surface area (TPSA) is 39.2 Å². The van der Waals surface area contributed by atoms with Crippen molar-refractivity contribution in [2.75, 3.05) is 0 Å². The fraction of sp³-hybridized carbons (Fsp3) is 0.455. The normalized spacial score (nSPS) is 21.3. The molecular weight excluding hydrogens is 342 g/mol. The van der Waals surface area contributed by atoms with Crippen LogP contribution in [-0.4, -0.2) is 16.6 Å². The summed E-state index contributed by atoms with van der Waals surface area (Å²) in [5, 5.41) is 1.00. The summed E-state index contributed by atoms with van der Waals surface area (Å²) in [6, 6.07) is 14.6. The van der Waals surface area contributed by atoms with Crippen LogP contribution in [0.5, 0.6) is 0 Å². The number of pyridine rings is 1. The van der Waals surface area contributed by atoms with E-state index in [1.54, 1.807) is 11.8 Å². The van der Waals surface area contributed by atoms with Gasteiger partial charge in [0.05, 0.1) is 10.9 Å². The van der Waals surface area contributed by atoms with Crippen molar-refractivity contribution in [3.8, 4) is 0 Å². The fourth-order valence-corrected chi connectivity index (χ4v) is 4.26. The average Bonchev–Trinajstić information content (AvgIpc) is 3.15. The Kier molecular flexibility index (Phi) is 5.16. The molecule has 1 aromatic carbocycles. The first-order valence-corrected chi connectivity index (χ1v) is 10.0. The summed E-state index contributed by atoms with van der Waals surface area (Å²) in [6.07, 6.45) is 1.92. The van der Waals surface area contributed by atoms with Crippen molar-refractivity contribution in [2.45, 2.75) is 56.9 Å². The lowest BCUT2D eigenvalue weighted by Gasteiger charge is -2.20. The van der Waals surface area contributed by atoms with Gasteiger partial charge in [0.2, 0.25) is 0 Å². The van der Waals surface area contributed by atoms with Crippen LogP contribution in [0.3, 0.4) is 0 Å². The molecule has 0 radical (unpaired) electrons. The molecule has 1 saturated carbocycles. The first kappa shape index (κ1) is 19.0. The Hall–Kier alpha value is -1.81. The maximum atomic E-state index is 12.5. The number of hydrogen-bond donors (Lipinski definition) is 0. The molecule has 4 heteroatoms. The van der Waals surface area contributed by atoms with Crippen LogP contribution in [0, 0.1) is 11.3 Å². The maximum absolute atomic E-state index is 12.5. The third-order valence-corrected chi connectivity index (χ3v) is 5.85. The van der Waals surface area contributed by atoms with Crippen molar-refractivity contribution in [3.05, 3.63) is 59.8 Å². The lowest BCUT2D eigenvalue weighted by Crippen LogP contribution is -2.26. The number of aromatic nitrogens is 1. The van der Waals surface area contributed by atoms with Gasteiger partial charge in [0, 0.05) is 17.9 Å². The number of carbonyl (C=O) groups is 1. The van der Waals surface area contributed by atoms with Crippen molar-refractivity contribution in [2.24, 2.45) is 11.3 Å². The Morgan fingerprint density at radius 2 is 1.85 bits per heavy atom. The molecule has 2 atom stereocenters. The van der Waals surface area contributed by atoms with Crippen LogP contribution < -0.4 is 0 Å². The third kappa shape index (κ3) is 4.29. The highest BCUT2D eigenvalue weighted by Gasteiger charge is 2.63.